The Morgan fingerprint density at radius 1 is 1.11 bits per heavy atom. The molecular weight excluding hydrogens is 344 g/mol. The quantitative estimate of drug-likeness (QED) is 0.766. The molecule has 0 aromatic carbocycles. The summed E-state index contributed by atoms with van der Waals surface area (Å²) < 4.78 is 0. The summed E-state index contributed by atoms with van der Waals surface area (Å²) in [6.07, 6.45) is 16.8. The Morgan fingerprint density at radius 2 is 1.89 bits per heavy atom. The molecule has 1 aromatic heterocycles. The highest BCUT2D eigenvalue weighted by molar-refractivity contribution is 5.74. The lowest BCUT2D eigenvalue weighted by Crippen LogP contribution is -2.35. The van der Waals surface area contributed by atoms with Gasteiger partial charge in [-0.1, -0.05) is 18.2 Å². The van der Waals surface area contributed by atoms with E-state index in [-0.39, 0.29) is 0 Å². The van der Waals surface area contributed by atoms with Gasteiger partial charge in [0, 0.05) is 36.6 Å². The van der Waals surface area contributed by atoms with Crippen LogP contribution < -0.4 is 11.2 Å². The van der Waals surface area contributed by atoms with Gasteiger partial charge in [0.2, 0.25) is 0 Å². The highest BCUT2D eigenvalue weighted by Crippen LogP contribution is 2.38. The minimum atomic E-state index is 0.436. The van der Waals surface area contributed by atoms with E-state index in [1.807, 2.05) is 0 Å². The minimum absolute atomic E-state index is 0.436. The highest BCUT2D eigenvalue weighted by Gasteiger charge is 2.26. The van der Waals surface area contributed by atoms with Crippen LogP contribution in [-0.4, -0.2) is 29.6 Å². The molecule has 4 nitrogen and oxygen atoms in total. The first kappa shape index (κ1) is 19.7. The van der Waals surface area contributed by atoms with Gasteiger partial charge in [-0.25, -0.2) is 5.43 Å². The molecule has 0 unspecified atom stereocenters. The van der Waals surface area contributed by atoms with Crippen molar-refractivity contribution < 1.29 is 0 Å². The predicted molar refractivity (Wildman–Crippen MR) is 116 cm³/mol. The van der Waals surface area contributed by atoms with Crippen molar-refractivity contribution in [2.45, 2.75) is 70.3 Å². The Kier molecular flexibility index (Phi) is 6.48. The van der Waals surface area contributed by atoms with Crippen LogP contribution in [0.25, 0.3) is 5.57 Å². The summed E-state index contributed by atoms with van der Waals surface area (Å²) in [5.74, 6) is 1.68. The molecule has 1 aliphatic heterocycles. The third-order valence-corrected chi connectivity index (χ3v) is 6.62. The van der Waals surface area contributed by atoms with Crippen molar-refractivity contribution in [2.24, 2.45) is 17.6 Å². The van der Waals surface area contributed by atoms with Gasteiger partial charge < -0.3 is 10.7 Å². The van der Waals surface area contributed by atoms with Crippen molar-refractivity contribution in [1.82, 2.24) is 15.4 Å². The van der Waals surface area contributed by atoms with Crippen LogP contribution in [0.3, 0.4) is 0 Å². The summed E-state index contributed by atoms with van der Waals surface area (Å²) in [5, 5.41) is 2.25. The molecule has 0 saturated heterocycles. The molecule has 4 heteroatoms. The highest BCUT2D eigenvalue weighted by atomic mass is 15.5. The van der Waals surface area contributed by atoms with Crippen molar-refractivity contribution >= 4 is 5.57 Å². The van der Waals surface area contributed by atoms with Gasteiger partial charge in [-0.15, -0.1) is 0 Å². The molecule has 2 fully saturated rings. The molecule has 3 aliphatic rings. The van der Waals surface area contributed by atoms with E-state index < -0.39 is 0 Å². The molecule has 0 bridgehead atoms. The monoisotopic (exact) mass is 380 g/mol. The van der Waals surface area contributed by atoms with E-state index in [4.69, 9.17) is 10.7 Å². The number of hydrogen-bond donors (Lipinski definition) is 2. The van der Waals surface area contributed by atoms with E-state index in [0.717, 1.165) is 43.3 Å². The zero-order chi connectivity index (χ0) is 19.3. The second-order valence-electron chi connectivity index (χ2n) is 9.00. The van der Waals surface area contributed by atoms with E-state index >= 15 is 0 Å². The lowest BCUT2D eigenvalue weighted by Gasteiger charge is -2.27. The number of allylic oxidation sites excluding steroid dienone is 3. The van der Waals surface area contributed by atoms with E-state index in [1.54, 1.807) is 0 Å². The van der Waals surface area contributed by atoms with Crippen LogP contribution in [0.2, 0.25) is 0 Å². The molecule has 0 amide bonds. The first-order valence-electron chi connectivity index (χ1n) is 11.3. The Balaban J connectivity index is 1.51. The van der Waals surface area contributed by atoms with Gasteiger partial charge in [0.15, 0.2) is 0 Å². The maximum absolute atomic E-state index is 6.06. The van der Waals surface area contributed by atoms with Crippen LogP contribution in [0.5, 0.6) is 0 Å². The lowest BCUT2D eigenvalue weighted by molar-refractivity contribution is 0.289. The van der Waals surface area contributed by atoms with Gasteiger partial charge in [-0.05, 0) is 88.2 Å². The van der Waals surface area contributed by atoms with Crippen LogP contribution >= 0.6 is 0 Å². The van der Waals surface area contributed by atoms with Crippen LogP contribution in [-0.2, 0) is 6.42 Å². The molecule has 0 radical (unpaired) electrons. The van der Waals surface area contributed by atoms with Gasteiger partial charge >= 0.3 is 0 Å². The van der Waals surface area contributed by atoms with E-state index in [0.29, 0.717) is 6.04 Å². The molecule has 2 saturated carbocycles. The Morgan fingerprint density at radius 3 is 2.68 bits per heavy atom. The lowest BCUT2D eigenvalue weighted by atomic mass is 9.83. The van der Waals surface area contributed by atoms with Gasteiger partial charge in [-0.3, -0.25) is 4.98 Å². The SMILES string of the molecule is CN1NCC/C=C/C(c2cccc(CC[C@H]3CC[C@H](N)CC3)n2)=C\1CC1CC1. The van der Waals surface area contributed by atoms with Crippen LogP contribution in [0.1, 0.15) is 69.2 Å². The van der Waals surface area contributed by atoms with Gasteiger partial charge in [0.25, 0.3) is 0 Å². The maximum atomic E-state index is 6.06. The summed E-state index contributed by atoms with van der Waals surface area (Å²) in [6.45, 7) is 0.993. The molecule has 3 N–H and O–H groups in total. The fourth-order valence-electron chi connectivity index (χ4n) is 4.56. The molecule has 152 valence electrons. The maximum Gasteiger partial charge on any atom is 0.0723 e. The number of hydrogen-bond acceptors (Lipinski definition) is 4. The molecule has 0 spiro atoms. The topological polar surface area (TPSA) is 54.2 Å². The summed E-state index contributed by atoms with van der Waals surface area (Å²) >= 11 is 0. The number of nitrogens with one attached hydrogen (secondary N) is 1. The summed E-state index contributed by atoms with van der Waals surface area (Å²) in [5.41, 5.74) is 14.7. The number of rotatable bonds is 6. The molecule has 0 atom stereocenters. The second kappa shape index (κ2) is 9.23. The zero-order valence-corrected chi connectivity index (χ0v) is 17.4. The summed E-state index contributed by atoms with van der Waals surface area (Å²) in [6, 6.07) is 7.01. The first-order valence-corrected chi connectivity index (χ1v) is 11.3. The second-order valence-corrected chi connectivity index (χ2v) is 9.00. The van der Waals surface area contributed by atoms with Crippen molar-refractivity contribution in [2.75, 3.05) is 13.6 Å². The molecule has 2 aliphatic carbocycles. The molecule has 2 heterocycles. The van der Waals surface area contributed by atoms with Crippen LogP contribution in [0.4, 0.5) is 0 Å². The number of aromatic nitrogens is 1. The fraction of sp³-hybridized carbons (Fsp3) is 0.625. The van der Waals surface area contributed by atoms with Crippen molar-refractivity contribution in [3.63, 3.8) is 0 Å². The number of hydrazine groups is 1. The van der Waals surface area contributed by atoms with Gasteiger partial charge in [0.1, 0.15) is 0 Å². The largest absolute Gasteiger partial charge is 0.328 e. The predicted octanol–water partition coefficient (Wildman–Crippen LogP) is 4.44. The Bertz CT molecular complexity index is 711. The average molecular weight is 381 g/mol. The first-order chi connectivity index (χ1) is 13.7. The van der Waals surface area contributed by atoms with Crippen molar-refractivity contribution in [3.05, 3.63) is 47.4 Å². The number of nitrogens with two attached hydrogens (primary N) is 1. The summed E-state index contributed by atoms with van der Waals surface area (Å²) in [7, 11) is 2.16. The fourth-order valence-corrected chi connectivity index (χ4v) is 4.56. The molecule has 1 aromatic rings. The summed E-state index contributed by atoms with van der Waals surface area (Å²) in [4.78, 5) is 5.09. The molecular formula is C24H36N4. The van der Waals surface area contributed by atoms with Crippen LogP contribution in [0, 0.1) is 11.8 Å². The molecule has 28 heavy (non-hydrogen) atoms. The number of pyridine rings is 1. The zero-order valence-electron chi connectivity index (χ0n) is 17.4. The van der Waals surface area contributed by atoms with Gasteiger partial charge in [-0.2, -0.15) is 0 Å². The van der Waals surface area contributed by atoms with Crippen LogP contribution in [0.15, 0.2) is 36.0 Å². The molecule has 4 rings (SSSR count). The van der Waals surface area contributed by atoms with E-state index in [1.165, 1.54) is 61.9 Å². The Labute approximate surface area is 170 Å². The number of nitrogens with zero attached hydrogens (tertiary/aromatic N) is 2. The standard InChI is InChI=1S/C24H36N4/c1-28-24(17-19-8-9-19)22(6-2-3-16-26-28)23-7-4-5-21(27-23)15-12-18-10-13-20(25)14-11-18/h2,4-7,18-20,26H,3,8-17,25H2,1H3/b6-2+,24-22+/t18-,20-. The third-order valence-electron chi connectivity index (χ3n) is 6.62. The van der Waals surface area contributed by atoms with E-state index in [9.17, 15) is 0 Å². The van der Waals surface area contributed by atoms with E-state index in [2.05, 4.69) is 47.8 Å². The third kappa shape index (κ3) is 5.24. The normalized spacial score (nSPS) is 30.0. The van der Waals surface area contributed by atoms with Crippen molar-refractivity contribution in [1.29, 1.82) is 0 Å². The number of aryl methyl sites for hydroxylation is 1. The minimum Gasteiger partial charge on any atom is -0.328 e. The van der Waals surface area contributed by atoms with Gasteiger partial charge in [0.05, 0.1) is 5.69 Å². The Hall–Kier alpha value is -1.65. The average Bonchev–Trinajstić information content (AvgIpc) is 3.52. The smallest absolute Gasteiger partial charge is 0.0723 e. The van der Waals surface area contributed by atoms with Crippen molar-refractivity contribution in [3.8, 4) is 0 Å².